The van der Waals surface area contributed by atoms with Crippen LogP contribution in [0.15, 0.2) is 42.5 Å². The number of Topliss-reactive ketones (excluding diaryl/α,β-unsaturated/α-hetero) is 1. The summed E-state index contributed by atoms with van der Waals surface area (Å²) in [5, 5.41) is 9.93. The molecule has 0 spiro atoms. The molecule has 3 aromatic rings. The van der Waals surface area contributed by atoms with Gasteiger partial charge in [0, 0.05) is 35.4 Å². The Morgan fingerprint density at radius 1 is 1.00 bits per heavy atom. The Balaban J connectivity index is 1.40. The first kappa shape index (κ1) is 25.3. The number of anilines is 5. The molecule has 8 heteroatoms. The first-order chi connectivity index (χ1) is 18.1. The van der Waals surface area contributed by atoms with Gasteiger partial charge in [0.25, 0.3) is 0 Å². The van der Waals surface area contributed by atoms with E-state index in [9.17, 15) is 9.59 Å². The predicted molar refractivity (Wildman–Crippen MR) is 151 cm³/mol. The molecule has 0 radical (unpaired) electrons. The number of aromatic nitrogens is 2. The highest BCUT2D eigenvalue weighted by Gasteiger charge is 2.21. The topological polar surface area (TPSA) is 96.0 Å². The summed E-state index contributed by atoms with van der Waals surface area (Å²) < 4.78 is 0. The van der Waals surface area contributed by atoms with Gasteiger partial charge in [-0.05, 0) is 67.3 Å². The second-order valence-electron chi connectivity index (χ2n) is 9.57. The van der Waals surface area contributed by atoms with E-state index >= 15 is 0 Å². The Labute approximate surface area is 222 Å². The van der Waals surface area contributed by atoms with Gasteiger partial charge in [-0.25, -0.2) is 4.98 Å². The van der Waals surface area contributed by atoms with Crippen LogP contribution in [0.5, 0.6) is 0 Å². The molecule has 1 aliphatic carbocycles. The van der Waals surface area contributed by atoms with Crippen LogP contribution >= 0.6 is 11.8 Å². The van der Waals surface area contributed by atoms with E-state index in [0.29, 0.717) is 18.8 Å². The van der Waals surface area contributed by atoms with Crippen LogP contribution < -0.4 is 16.0 Å². The molecule has 0 unspecified atom stereocenters. The standard InChI is InChI=1S/C29H33N5O2S/c1-2-3-4-12-27(36)31-24-9-5-6-10-25(24)32-28-22-18-37-16-15-23(22)33-29(34-28)30-20-13-14-21-19(17-20)8-7-11-26(21)35/h5-6,9-10,13-14,17H,2-4,7-8,11-12,15-16,18H2,1H3,(H,31,36)(H2,30,32,33,34). The van der Waals surface area contributed by atoms with E-state index in [-0.39, 0.29) is 11.7 Å². The zero-order valence-electron chi connectivity index (χ0n) is 21.2. The van der Waals surface area contributed by atoms with Crippen molar-refractivity contribution in [1.82, 2.24) is 9.97 Å². The van der Waals surface area contributed by atoms with Gasteiger partial charge in [-0.1, -0.05) is 31.9 Å². The fourth-order valence-corrected chi connectivity index (χ4v) is 5.81. The van der Waals surface area contributed by atoms with Crippen LogP contribution in [0.2, 0.25) is 0 Å². The van der Waals surface area contributed by atoms with Crippen molar-refractivity contribution in [2.45, 2.75) is 64.0 Å². The molecule has 2 aliphatic rings. The normalized spacial score (nSPS) is 14.5. The van der Waals surface area contributed by atoms with Gasteiger partial charge < -0.3 is 16.0 Å². The first-order valence-electron chi connectivity index (χ1n) is 13.2. The van der Waals surface area contributed by atoms with Gasteiger partial charge in [0.05, 0.1) is 17.1 Å². The highest BCUT2D eigenvalue weighted by Crippen LogP contribution is 2.34. The summed E-state index contributed by atoms with van der Waals surface area (Å²) in [6.07, 6.45) is 6.85. The van der Waals surface area contributed by atoms with Crippen molar-refractivity contribution in [1.29, 1.82) is 0 Å². The summed E-state index contributed by atoms with van der Waals surface area (Å²) in [5.41, 5.74) is 6.47. The molecule has 0 fully saturated rings. The SMILES string of the molecule is CCCCCC(=O)Nc1ccccc1Nc1nc(Nc2ccc3c(c2)CCCC3=O)nc2c1CSCC2. The van der Waals surface area contributed by atoms with Crippen LogP contribution in [0.25, 0.3) is 0 Å². The number of carbonyl (C=O) groups excluding carboxylic acids is 2. The van der Waals surface area contributed by atoms with E-state index in [0.717, 1.165) is 95.3 Å². The molecule has 3 N–H and O–H groups in total. The molecule has 1 aliphatic heterocycles. The number of thioether (sulfide) groups is 1. The Hall–Kier alpha value is -3.39. The van der Waals surface area contributed by atoms with Crippen molar-refractivity contribution in [3.8, 4) is 0 Å². The Morgan fingerprint density at radius 2 is 1.86 bits per heavy atom. The largest absolute Gasteiger partial charge is 0.338 e. The number of hydrogen-bond donors (Lipinski definition) is 3. The minimum atomic E-state index is 0.0243. The highest BCUT2D eigenvalue weighted by atomic mass is 32.2. The Bertz CT molecular complexity index is 1310. The van der Waals surface area contributed by atoms with Crippen LogP contribution in [0.4, 0.5) is 28.8 Å². The molecule has 192 valence electrons. The second-order valence-corrected chi connectivity index (χ2v) is 10.7. The number of fused-ring (bicyclic) bond motifs is 2. The number of rotatable bonds is 9. The number of amides is 1. The number of nitrogens with one attached hydrogen (secondary N) is 3. The van der Waals surface area contributed by atoms with Crippen molar-refractivity contribution in [2.75, 3.05) is 21.7 Å². The lowest BCUT2D eigenvalue weighted by atomic mass is 9.90. The third-order valence-corrected chi connectivity index (χ3v) is 7.78. The number of ketones is 1. The van der Waals surface area contributed by atoms with E-state index in [4.69, 9.17) is 9.97 Å². The number of nitrogens with zero attached hydrogens (tertiary/aromatic N) is 2. The first-order valence-corrected chi connectivity index (χ1v) is 14.3. The minimum Gasteiger partial charge on any atom is -0.338 e. The van der Waals surface area contributed by atoms with Crippen LogP contribution in [-0.4, -0.2) is 27.4 Å². The fourth-order valence-electron chi connectivity index (χ4n) is 4.82. The summed E-state index contributed by atoms with van der Waals surface area (Å²) >= 11 is 1.87. The maximum absolute atomic E-state index is 12.5. The maximum atomic E-state index is 12.5. The molecule has 0 bridgehead atoms. The molecule has 37 heavy (non-hydrogen) atoms. The number of carbonyl (C=O) groups is 2. The minimum absolute atomic E-state index is 0.0243. The Kier molecular flexibility index (Phi) is 8.04. The van der Waals surface area contributed by atoms with E-state index in [1.807, 2.05) is 54.2 Å². The smallest absolute Gasteiger partial charge is 0.229 e. The lowest BCUT2D eigenvalue weighted by Crippen LogP contribution is -2.15. The zero-order valence-corrected chi connectivity index (χ0v) is 22.0. The predicted octanol–water partition coefficient (Wildman–Crippen LogP) is 6.79. The second kappa shape index (κ2) is 11.8. The van der Waals surface area contributed by atoms with Crippen molar-refractivity contribution in [3.63, 3.8) is 0 Å². The molecule has 1 aromatic heterocycles. The number of para-hydroxylation sites is 2. The van der Waals surface area contributed by atoms with Gasteiger partial charge in [-0.15, -0.1) is 0 Å². The average molecular weight is 516 g/mol. The summed E-state index contributed by atoms with van der Waals surface area (Å²) in [6.45, 7) is 2.13. The van der Waals surface area contributed by atoms with Gasteiger partial charge >= 0.3 is 0 Å². The van der Waals surface area contributed by atoms with Crippen molar-refractivity contribution < 1.29 is 9.59 Å². The van der Waals surface area contributed by atoms with Crippen molar-refractivity contribution >= 4 is 52.3 Å². The van der Waals surface area contributed by atoms with Crippen molar-refractivity contribution in [3.05, 3.63) is 64.8 Å². The van der Waals surface area contributed by atoms with Crippen LogP contribution in [0.3, 0.4) is 0 Å². The molecule has 1 amide bonds. The summed E-state index contributed by atoms with van der Waals surface area (Å²) in [6, 6.07) is 13.6. The molecule has 0 atom stereocenters. The van der Waals surface area contributed by atoms with E-state index < -0.39 is 0 Å². The molecular formula is C29H33N5O2S. The van der Waals surface area contributed by atoms with E-state index in [2.05, 4.69) is 22.9 Å². The molecule has 2 aromatic carbocycles. The zero-order chi connectivity index (χ0) is 25.6. The Morgan fingerprint density at radius 3 is 2.73 bits per heavy atom. The van der Waals surface area contributed by atoms with Crippen molar-refractivity contribution in [2.24, 2.45) is 0 Å². The lowest BCUT2D eigenvalue weighted by Gasteiger charge is -2.21. The summed E-state index contributed by atoms with van der Waals surface area (Å²) in [5.74, 6) is 3.38. The number of hydrogen-bond acceptors (Lipinski definition) is 7. The molecule has 0 saturated heterocycles. The van der Waals surface area contributed by atoms with E-state index in [1.165, 1.54) is 0 Å². The lowest BCUT2D eigenvalue weighted by molar-refractivity contribution is -0.116. The third kappa shape index (κ3) is 6.13. The quantitative estimate of drug-likeness (QED) is 0.270. The van der Waals surface area contributed by atoms with Gasteiger partial charge in [0.2, 0.25) is 11.9 Å². The number of benzene rings is 2. The molecule has 2 heterocycles. The highest BCUT2D eigenvalue weighted by molar-refractivity contribution is 7.98. The van der Waals surface area contributed by atoms with Crippen LogP contribution in [-0.2, 0) is 23.4 Å². The summed E-state index contributed by atoms with van der Waals surface area (Å²) in [7, 11) is 0. The average Bonchev–Trinajstić information content (AvgIpc) is 2.90. The summed E-state index contributed by atoms with van der Waals surface area (Å²) in [4.78, 5) is 34.4. The van der Waals surface area contributed by atoms with Crippen LogP contribution in [0, 0.1) is 0 Å². The van der Waals surface area contributed by atoms with Gasteiger partial charge in [0.1, 0.15) is 5.82 Å². The van der Waals surface area contributed by atoms with Gasteiger partial charge in [-0.3, -0.25) is 9.59 Å². The molecule has 7 nitrogen and oxygen atoms in total. The van der Waals surface area contributed by atoms with E-state index in [1.54, 1.807) is 0 Å². The monoisotopic (exact) mass is 515 g/mol. The maximum Gasteiger partial charge on any atom is 0.229 e. The number of unbranched alkanes of at least 4 members (excludes halogenated alkanes) is 2. The molecule has 0 saturated carbocycles. The fraction of sp³-hybridized carbons (Fsp3) is 0.379. The third-order valence-electron chi connectivity index (χ3n) is 6.80. The molecular weight excluding hydrogens is 482 g/mol. The van der Waals surface area contributed by atoms with Gasteiger partial charge in [-0.2, -0.15) is 16.7 Å². The van der Waals surface area contributed by atoms with Crippen LogP contribution in [0.1, 0.15) is 72.6 Å². The molecule has 5 rings (SSSR count). The number of aryl methyl sites for hydroxylation is 2. The van der Waals surface area contributed by atoms with Gasteiger partial charge in [0.15, 0.2) is 5.78 Å².